The molecule has 2 saturated heterocycles. The fourth-order valence-corrected chi connectivity index (χ4v) is 4.57. The van der Waals surface area contributed by atoms with Crippen LogP contribution >= 0.6 is 0 Å². The molecule has 0 unspecified atom stereocenters. The van der Waals surface area contributed by atoms with Crippen molar-refractivity contribution in [1.29, 1.82) is 0 Å². The summed E-state index contributed by atoms with van der Waals surface area (Å²) in [5.41, 5.74) is -1.30. The summed E-state index contributed by atoms with van der Waals surface area (Å²) in [6, 6.07) is 9.95. The van der Waals surface area contributed by atoms with Crippen molar-refractivity contribution in [2.24, 2.45) is 0 Å². The number of ether oxygens (including phenoxy) is 1. The first kappa shape index (κ1) is 24.8. The minimum atomic E-state index is -1.56. The first-order valence-corrected chi connectivity index (χ1v) is 11.6. The summed E-state index contributed by atoms with van der Waals surface area (Å²) < 4.78 is 35.2. The molecule has 38 heavy (non-hydrogen) atoms. The maximum Gasteiger partial charge on any atom is 0.332 e. The van der Waals surface area contributed by atoms with Crippen molar-refractivity contribution in [3.8, 4) is 17.9 Å². The molecule has 11 heteroatoms. The molecule has 4 amide bonds. The third-order valence-electron chi connectivity index (χ3n) is 6.49. The van der Waals surface area contributed by atoms with E-state index in [9.17, 15) is 14.4 Å². The Morgan fingerprint density at radius 3 is 2.21 bits per heavy atom. The van der Waals surface area contributed by atoms with Crippen LogP contribution in [0, 0.1) is 23.5 Å². The molecule has 3 heterocycles. The van der Waals surface area contributed by atoms with E-state index in [1.54, 1.807) is 24.3 Å². The van der Waals surface area contributed by atoms with Gasteiger partial charge in [-0.25, -0.2) is 28.4 Å². The van der Waals surface area contributed by atoms with Crippen molar-refractivity contribution in [2.45, 2.75) is 18.9 Å². The average molecular weight is 517 g/mol. The molecule has 2 aliphatic heterocycles. The zero-order valence-corrected chi connectivity index (χ0v) is 20.4. The lowest BCUT2D eigenvalue weighted by Gasteiger charge is -2.51. The molecule has 3 aromatic rings. The standard InChI is InChI=1S/C27H21F2N5O4/c1-27-14-22(35)34(23-20(28)12-18(13-21(23)29)9-8-17-6-4-3-5-7-17)26(37)33(27)11-10-32(24(27)36)19-15-30-25(38-2)31-16-19/h3-7,12-13,15-16H,10-11,14H2,1-2H3/t27-/m0/s1. The number of piperazine rings is 1. The Kier molecular flexibility index (Phi) is 6.24. The number of amides is 4. The third kappa shape index (κ3) is 4.20. The molecule has 0 aliphatic carbocycles. The Balaban J connectivity index is 1.42. The van der Waals surface area contributed by atoms with Crippen LogP contribution in [0.15, 0.2) is 54.9 Å². The number of benzene rings is 2. The number of imide groups is 1. The van der Waals surface area contributed by atoms with E-state index in [4.69, 9.17) is 4.74 Å². The average Bonchev–Trinajstić information content (AvgIpc) is 2.90. The van der Waals surface area contributed by atoms with Crippen LogP contribution in [0.1, 0.15) is 24.5 Å². The molecule has 2 aromatic carbocycles. The monoisotopic (exact) mass is 517 g/mol. The van der Waals surface area contributed by atoms with Gasteiger partial charge in [0.25, 0.3) is 5.91 Å². The van der Waals surface area contributed by atoms with Crippen molar-refractivity contribution in [1.82, 2.24) is 14.9 Å². The number of carbonyl (C=O) groups is 3. The zero-order chi connectivity index (χ0) is 27.0. The molecule has 0 saturated carbocycles. The van der Waals surface area contributed by atoms with E-state index in [0.717, 1.165) is 12.1 Å². The predicted octanol–water partition coefficient (Wildman–Crippen LogP) is 3.13. The van der Waals surface area contributed by atoms with Crippen molar-refractivity contribution in [3.05, 3.63) is 77.6 Å². The quantitative estimate of drug-likeness (QED) is 0.496. The molecule has 1 aromatic heterocycles. The maximum absolute atomic E-state index is 15.1. The number of fused-ring (bicyclic) bond motifs is 1. The van der Waals surface area contributed by atoms with Gasteiger partial charge in [0.15, 0.2) is 11.6 Å². The fraction of sp³-hybridized carbons (Fsp3) is 0.222. The van der Waals surface area contributed by atoms with Gasteiger partial charge in [-0.15, -0.1) is 0 Å². The number of hydrogen-bond acceptors (Lipinski definition) is 6. The van der Waals surface area contributed by atoms with E-state index in [1.165, 1.54) is 36.2 Å². The van der Waals surface area contributed by atoms with Crippen LogP contribution < -0.4 is 14.5 Å². The predicted molar refractivity (Wildman–Crippen MR) is 132 cm³/mol. The number of methoxy groups -OCH3 is 1. The number of halogens is 2. The smallest absolute Gasteiger partial charge is 0.332 e. The van der Waals surface area contributed by atoms with Crippen LogP contribution in [-0.4, -0.2) is 58.5 Å². The summed E-state index contributed by atoms with van der Waals surface area (Å²) in [6.07, 6.45) is 2.32. The Labute approximate surface area is 216 Å². The second-order valence-electron chi connectivity index (χ2n) is 8.90. The number of anilines is 2. The molecule has 0 spiro atoms. The van der Waals surface area contributed by atoms with Crippen LogP contribution in [0.25, 0.3) is 0 Å². The summed E-state index contributed by atoms with van der Waals surface area (Å²) in [6.45, 7) is 1.53. The van der Waals surface area contributed by atoms with Crippen LogP contribution in [0.3, 0.4) is 0 Å². The topological polar surface area (TPSA) is 95.9 Å². The van der Waals surface area contributed by atoms with E-state index >= 15 is 8.78 Å². The van der Waals surface area contributed by atoms with Gasteiger partial charge in [0, 0.05) is 24.2 Å². The van der Waals surface area contributed by atoms with Crippen LogP contribution in [0.4, 0.5) is 25.0 Å². The Morgan fingerprint density at radius 2 is 1.58 bits per heavy atom. The Bertz CT molecular complexity index is 1480. The van der Waals surface area contributed by atoms with Gasteiger partial charge in [-0.2, -0.15) is 0 Å². The van der Waals surface area contributed by atoms with Crippen molar-refractivity contribution >= 4 is 29.2 Å². The number of aromatic nitrogens is 2. The lowest BCUT2D eigenvalue weighted by Crippen LogP contribution is -2.73. The number of urea groups is 1. The second-order valence-corrected chi connectivity index (χ2v) is 8.90. The van der Waals surface area contributed by atoms with Crippen LogP contribution in [-0.2, 0) is 9.59 Å². The van der Waals surface area contributed by atoms with Crippen LogP contribution in [0.5, 0.6) is 6.01 Å². The van der Waals surface area contributed by atoms with Gasteiger partial charge in [-0.1, -0.05) is 30.0 Å². The summed E-state index contributed by atoms with van der Waals surface area (Å²) in [4.78, 5) is 51.0. The molecule has 9 nitrogen and oxygen atoms in total. The molecule has 2 aliphatic rings. The summed E-state index contributed by atoms with van der Waals surface area (Å²) in [5, 5.41) is 0. The van der Waals surface area contributed by atoms with E-state index in [2.05, 4.69) is 21.8 Å². The van der Waals surface area contributed by atoms with Crippen molar-refractivity contribution in [2.75, 3.05) is 30.0 Å². The highest BCUT2D eigenvalue weighted by Crippen LogP contribution is 2.38. The maximum atomic E-state index is 15.1. The molecule has 0 bridgehead atoms. The first-order valence-electron chi connectivity index (χ1n) is 11.6. The van der Waals surface area contributed by atoms with Gasteiger partial charge >= 0.3 is 12.0 Å². The SMILES string of the molecule is COc1ncc(N2CCN3C(=O)N(c4c(F)cc(C#Cc5ccccc5)cc4F)C(=O)C[C@@]3(C)C2=O)cn1. The summed E-state index contributed by atoms with van der Waals surface area (Å²) >= 11 is 0. The van der Waals surface area contributed by atoms with Gasteiger partial charge in [0.05, 0.1) is 31.6 Å². The summed E-state index contributed by atoms with van der Waals surface area (Å²) in [7, 11) is 1.41. The number of carbonyl (C=O) groups excluding carboxylic acids is 3. The van der Waals surface area contributed by atoms with Crippen molar-refractivity contribution in [3.63, 3.8) is 0 Å². The van der Waals surface area contributed by atoms with E-state index < -0.39 is 47.1 Å². The zero-order valence-electron chi connectivity index (χ0n) is 20.4. The molecular weight excluding hydrogens is 496 g/mol. The molecular formula is C27H21F2N5O4. The normalized spacial score (nSPS) is 19.2. The number of hydrogen-bond donors (Lipinski definition) is 0. The van der Waals surface area contributed by atoms with Crippen molar-refractivity contribution < 1.29 is 27.9 Å². The Hall–Kier alpha value is -4.85. The first-order chi connectivity index (χ1) is 18.2. The van der Waals surface area contributed by atoms with Gasteiger partial charge < -0.3 is 14.5 Å². The number of nitrogens with zero attached hydrogens (tertiary/aromatic N) is 5. The molecule has 0 N–H and O–H groups in total. The summed E-state index contributed by atoms with van der Waals surface area (Å²) in [5.74, 6) is 1.81. The van der Waals surface area contributed by atoms with E-state index in [0.29, 0.717) is 16.2 Å². The lowest BCUT2D eigenvalue weighted by molar-refractivity contribution is -0.137. The minimum Gasteiger partial charge on any atom is -0.467 e. The molecule has 192 valence electrons. The van der Waals surface area contributed by atoms with Crippen LogP contribution in [0.2, 0.25) is 0 Å². The van der Waals surface area contributed by atoms with Gasteiger partial charge in [0.1, 0.15) is 11.2 Å². The highest BCUT2D eigenvalue weighted by Gasteiger charge is 2.56. The number of rotatable bonds is 3. The fourth-order valence-electron chi connectivity index (χ4n) is 4.57. The second kappa shape index (κ2) is 9.55. The molecule has 2 fully saturated rings. The molecule has 5 rings (SSSR count). The largest absolute Gasteiger partial charge is 0.467 e. The lowest BCUT2D eigenvalue weighted by atomic mass is 9.88. The third-order valence-corrected chi connectivity index (χ3v) is 6.49. The van der Waals surface area contributed by atoms with Gasteiger partial charge in [-0.3, -0.25) is 9.59 Å². The highest BCUT2D eigenvalue weighted by atomic mass is 19.1. The molecule has 1 atom stereocenters. The van der Waals surface area contributed by atoms with E-state index in [-0.39, 0.29) is 24.7 Å². The minimum absolute atomic E-state index is 0.0146. The van der Waals surface area contributed by atoms with Gasteiger partial charge in [0.2, 0.25) is 5.91 Å². The Morgan fingerprint density at radius 1 is 0.947 bits per heavy atom. The highest BCUT2D eigenvalue weighted by molar-refractivity contribution is 6.20. The molecule has 0 radical (unpaired) electrons. The van der Waals surface area contributed by atoms with E-state index in [1.807, 2.05) is 6.07 Å². The van der Waals surface area contributed by atoms with Gasteiger partial charge in [-0.05, 0) is 31.2 Å².